The third-order valence-corrected chi connectivity index (χ3v) is 4.66. The van der Waals surface area contributed by atoms with Crippen LogP contribution in [0.15, 0.2) is 53.5 Å². The van der Waals surface area contributed by atoms with E-state index in [2.05, 4.69) is 0 Å². The number of nitro groups is 1. The van der Waals surface area contributed by atoms with E-state index in [9.17, 15) is 14.9 Å². The zero-order chi connectivity index (χ0) is 19.2. The van der Waals surface area contributed by atoms with Crippen LogP contribution in [0.5, 0.6) is 0 Å². The van der Waals surface area contributed by atoms with Gasteiger partial charge in [-0.25, -0.2) is 0 Å². The lowest BCUT2D eigenvalue weighted by Crippen LogP contribution is -2.36. The summed E-state index contributed by atoms with van der Waals surface area (Å²) in [5, 5.41) is 11.0. The van der Waals surface area contributed by atoms with E-state index in [1.165, 1.54) is 12.1 Å². The van der Waals surface area contributed by atoms with Crippen molar-refractivity contribution in [1.29, 1.82) is 0 Å². The summed E-state index contributed by atoms with van der Waals surface area (Å²) >= 11 is 0. The van der Waals surface area contributed by atoms with Gasteiger partial charge in [0.25, 0.3) is 5.69 Å². The number of hydrogen-bond acceptors (Lipinski definition) is 5. The molecule has 2 aromatic rings. The van der Waals surface area contributed by atoms with E-state index in [-0.39, 0.29) is 18.0 Å². The quantitative estimate of drug-likeness (QED) is 0.442. The Morgan fingerprint density at radius 2 is 1.96 bits per heavy atom. The summed E-state index contributed by atoms with van der Waals surface area (Å²) in [4.78, 5) is 30.1. The first-order valence-corrected chi connectivity index (χ1v) is 9.20. The number of ketones is 1. The van der Waals surface area contributed by atoms with Crippen LogP contribution in [0.3, 0.4) is 0 Å². The number of benzene rings is 2. The number of anilines is 1. The van der Waals surface area contributed by atoms with Crippen molar-refractivity contribution < 1.29 is 9.72 Å². The van der Waals surface area contributed by atoms with Crippen molar-refractivity contribution in [2.24, 2.45) is 4.99 Å². The van der Waals surface area contributed by atoms with Gasteiger partial charge in [-0.2, -0.15) is 0 Å². The highest BCUT2D eigenvalue weighted by atomic mass is 16.6. The highest BCUT2D eigenvalue weighted by Gasteiger charge is 2.20. The molecule has 0 bridgehead atoms. The van der Waals surface area contributed by atoms with Gasteiger partial charge in [-0.15, -0.1) is 0 Å². The fourth-order valence-corrected chi connectivity index (χ4v) is 3.23. The number of Topliss-reactive ketones (excluding diaryl/α,β-unsaturated/α-hetero) is 1. The van der Waals surface area contributed by atoms with Crippen LogP contribution in [0, 0.1) is 17.0 Å². The maximum Gasteiger partial charge on any atom is 0.270 e. The number of hydrogen-bond donors (Lipinski definition) is 0. The molecule has 1 heterocycles. The Morgan fingerprint density at radius 3 is 2.74 bits per heavy atom. The Labute approximate surface area is 158 Å². The van der Waals surface area contributed by atoms with E-state index >= 15 is 0 Å². The predicted molar refractivity (Wildman–Crippen MR) is 107 cm³/mol. The lowest BCUT2D eigenvalue weighted by atomic mass is 10.1. The molecular formula is C21H23N3O3. The van der Waals surface area contributed by atoms with Crippen LogP contribution in [0.25, 0.3) is 0 Å². The molecule has 3 rings (SSSR count). The minimum atomic E-state index is -0.482. The molecular weight excluding hydrogens is 342 g/mol. The van der Waals surface area contributed by atoms with Gasteiger partial charge >= 0.3 is 0 Å². The largest absolute Gasteiger partial charge is 0.322 e. The van der Waals surface area contributed by atoms with E-state index in [1.54, 1.807) is 12.1 Å². The van der Waals surface area contributed by atoms with E-state index in [0.29, 0.717) is 5.56 Å². The molecule has 0 atom stereocenters. The highest BCUT2D eigenvalue weighted by molar-refractivity contribution is 6.07. The summed E-state index contributed by atoms with van der Waals surface area (Å²) in [6.45, 7) is 2.89. The number of carbonyl (C=O) groups excluding carboxylic acids is 1. The molecule has 27 heavy (non-hydrogen) atoms. The lowest BCUT2D eigenvalue weighted by Gasteiger charge is -2.26. The molecule has 140 valence electrons. The number of nitro benzene ring substituents is 1. The zero-order valence-corrected chi connectivity index (χ0v) is 15.4. The van der Waals surface area contributed by atoms with Gasteiger partial charge in [-0.05, 0) is 37.5 Å². The van der Waals surface area contributed by atoms with Crippen molar-refractivity contribution in [3.63, 3.8) is 0 Å². The number of carbonyl (C=O) groups is 1. The van der Waals surface area contributed by atoms with Gasteiger partial charge in [0.2, 0.25) is 0 Å². The van der Waals surface area contributed by atoms with E-state index in [0.717, 1.165) is 49.3 Å². The third kappa shape index (κ3) is 4.78. The van der Waals surface area contributed by atoms with Gasteiger partial charge < -0.3 is 4.90 Å². The topological polar surface area (TPSA) is 75.8 Å². The van der Waals surface area contributed by atoms with Crippen molar-refractivity contribution >= 4 is 23.0 Å². The molecule has 0 aliphatic carbocycles. The number of aliphatic imine (C=N–C) groups is 1. The molecule has 6 nitrogen and oxygen atoms in total. The molecule has 0 radical (unpaired) electrons. The second-order valence-electron chi connectivity index (χ2n) is 6.76. The van der Waals surface area contributed by atoms with Gasteiger partial charge in [0, 0.05) is 36.3 Å². The van der Waals surface area contributed by atoms with Gasteiger partial charge in [0.05, 0.1) is 11.5 Å². The molecule has 0 spiro atoms. The summed E-state index contributed by atoms with van der Waals surface area (Å²) in [7, 11) is 0. The fourth-order valence-electron chi connectivity index (χ4n) is 3.23. The summed E-state index contributed by atoms with van der Waals surface area (Å²) < 4.78 is 0. The van der Waals surface area contributed by atoms with Crippen LogP contribution in [0.1, 0.15) is 41.6 Å². The Bertz CT molecular complexity index is 876. The van der Waals surface area contributed by atoms with Gasteiger partial charge in [0.1, 0.15) is 5.84 Å². The first-order valence-electron chi connectivity index (χ1n) is 9.20. The molecule has 0 amide bonds. The molecule has 1 aliphatic heterocycles. The SMILES string of the molecule is Cc1cccc(N(CC(=O)c2cccc([N+](=O)[O-])c2)C2=NCCCCC2)c1. The molecule has 0 N–H and O–H groups in total. The Hall–Kier alpha value is -3.02. The van der Waals surface area contributed by atoms with Gasteiger partial charge in [0.15, 0.2) is 5.78 Å². The number of nitrogens with zero attached hydrogens (tertiary/aromatic N) is 3. The number of amidine groups is 1. The Balaban J connectivity index is 1.91. The average molecular weight is 365 g/mol. The van der Waals surface area contributed by atoms with E-state index in [1.807, 2.05) is 36.1 Å². The number of non-ortho nitro benzene ring substituents is 1. The maximum absolute atomic E-state index is 12.9. The smallest absolute Gasteiger partial charge is 0.270 e. The first-order chi connectivity index (χ1) is 13.0. The van der Waals surface area contributed by atoms with Crippen molar-refractivity contribution in [2.75, 3.05) is 18.0 Å². The fraction of sp³-hybridized carbons (Fsp3) is 0.333. The van der Waals surface area contributed by atoms with Crippen LogP contribution in [0.2, 0.25) is 0 Å². The van der Waals surface area contributed by atoms with Crippen molar-refractivity contribution in [3.8, 4) is 0 Å². The van der Waals surface area contributed by atoms with Crippen molar-refractivity contribution in [3.05, 3.63) is 69.8 Å². The summed E-state index contributed by atoms with van der Waals surface area (Å²) in [5.74, 6) is 0.754. The molecule has 0 unspecified atom stereocenters. The predicted octanol–water partition coefficient (Wildman–Crippen LogP) is 4.57. The van der Waals surface area contributed by atoms with Crippen LogP contribution >= 0.6 is 0 Å². The summed E-state index contributed by atoms with van der Waals surface area (Å²) in [6.07, 6.45) is 4.07. The molecule has 2 aromatic carbocycles. The van der Waals surface area contributed by atoms with Crippen LogP contribution < -0.4 is 4.90 Å². The highest BCUT2D eigenvalue weighted by Crippen LogP contribution is 2.22. The second kappa shape index (κ2) is 8.58. The first kappa shape index (κ1) is 18.8. The van der Waals surface area contributed by atoms with Crippen molar-refractivity contribution in [1.82, 2.24) is 0 Å². The van der Waals surface area contributed by atoms with Crippen molar-refractivity contribution in [2.45, 2.75) is 32.6 Å². The van der Waals surface area contributed by atoms with Gasteiger partial charge in [-0.3, -0.25) is 19.9 Å². The minimum Gasteiger partial charge on any atom is -0.322 e. The Kier molecular flexibility index (Phi) is 5.96. The average Bonchev–Trinajstić information content (AvgIpc) is 2.95. The molecule has 0 fully saturated rings. The van der Waals surface area contributed by atoms with Gasteiger partial charge in [-0.1, -0.05) is 30.7 Å². The normalized spacial score (nSPS) is 14.2. The second-order valence-corrected chi connectivity index (χ2v) is 6.76. The third-order valence-electron chi connectivity index (χ3n) is 4.66. The molecule has 0 saturated carbocycles. The van der Waals surface area contributed by atoms with Crippen LogP contribution in [0.4, 0.5) is 11.4 Å². The molecule has 1 aliphatic rings. The van der Waals surface area contributed by atoms with E-state index in [4.69, 9.17) is 4.99 Å². The molecule has 6 heteroatoms. The maximum atomic E-state index is 12.9. The monoisotopic (exact) mass is 365 g/mol. The minimum absolute atomic E-state index is 0.0743. The van der Waals surface area contributed by atoms with Crippen LogP contribution in [-0.2, 0) is 0 Å². The van der Waals surface area contributed by atoms with E-state index < -0.39 is 4.92 Å². The number of aryl methyl sites for hydroxylation is 1. The molecule has 0 saturated heterocycles. The standard InChI is InChI=1S/C21H23N3O3/c1-16-7-5-9-18(13-16)23(21-11-3-2-4-12-22-21)15-20(25)17-8-6-10-19(14-17)24(26)27/h5-10,13-14H,2-4,11-12,15H2,1H3. The zero-order valence-electron chi connectivity index (χ0n) is 15.4. The lowest BCUT2D eigenvalue weighted by molar-refractivity contribution is -0.384. The Morgan fingerprint density at radius 1 is 1.15 bits per heavy atom. The summed E-state index contributed by atoms with van der Waals surface area (Å²) in [5.41, 5.74) is 2.30. The van der Waals surface area contributed by atoms with Crippen LogP contribution in [-0.4, -0.2) is 29.6 Å². The number of rotatable bonds is 5. The summed E-state index contributed by atoms with van der Waals surface area (Å²) in [6, 6.07) is 13.9. The molecule has 0 aromatic heterocycles.